The van der Waals surface area contributed by atoms with Gasteiger partial charge in [-0.05, 0) is 51.9 Å². The molecule has 135 valence electrons. The molecule has 0 aliphatic heterocycles. The predicted molar refractivity (Wildman–Crippen MR) is 117 cm³/mol. The van der Waals surface area contributed by atoms with Crippen molar-refractivity contribution in [2.24, 2.45) is 0 Å². The summed E-state index contributed by atoms with van der Waals surface area (Å²) in [6.45, 7) is 7.11. The molecule has 0 aliphatic rings. The fourth-order valence-electron chi connectivity index (χ4n) is 3.74. The van der Waals surface area contributed by atoms with Gasteiger partial charge in [0, 0.05) is 8.80 Å². The predicted octanol–water partition coefficient (Wildman–Crippen LogP) is 7.07. The molecule has 1 nitrogen and oxygen atoms in total. The van der Waals surface area contributed by atoms with Crippen LogP contribution in [-0.2, 0) is 0 Å². The lowest BCUT2D eigenvalue weighted by atomic mass is 9.92. The average Bonchev–Trinajstić information content (AvgIpc) is 2.72. The molecule has 0 heterocycles. The van der Waals surface area contributed by atoms with Gasteiger partial charge in [-0.25, -0.2) is 0 Å². The van der Waals surface area contributed by atoms with Crippen LogP contribution in [0.4, 0.5) is 0 Å². The van der Waals surface area contributed by atoms with Crippen molar-refractivity contribution >= 4 is 8.80 Å². The smallest absolute Gasteiger partial charge is 0.0991 e. The molecule has 3 aromatic carbocycles. The maximum atomic E-state index is 9.25. The van der Waals surface area contributed by atoms with Crippen LogP contribution in [0.3, 0.4) is 0 Å². The van der Waals surface area contributed by atoms with Gasteiger partial charge in [-0.3, -0.25) is 0 Å². The summed E-state index contributed by atoms with van der Waals surface area (Å²) < 4.78 is 0. The van der Waals surface area contributed by atoms with Crippen LogP contribution >= 0.6 is 0 Å². The first-order valence-electron chi connectivity index (χ1n) is 9.64. The lowest BCUT2D eigenvalue weighted by Gasteiger charge is -2.21. The molecule has 3 aromatic rings. The molecular formula is C25H26NSi. The summed E-state index contributed by atoms with van der Waals surface area (Å²) in [6.07, 6.45) is 2.49. The summed E-state index contributed by atoms with van der Waals surface area (Å²) in [5.41, 5.74) is 7.61. The Morgan fingerprint density at radius 1 is 0.852 bits per heavy atom. The quantitative estimate of drug-likeness (QED) is 0.427. The largest absolute Gasteiger partial charge is 0.192 e. The summed E-state index contributed by atoms with van der Waals surface area (Å²) in [6, 6.07) is 27.7. The molecule has 1 radical (unpaired) electrons. The van der Waals surface area contributed by atoms with E-state index in [1.807, 2.05) is 18.2 Å². The van der Waals surface area contributed by atoms with Crippen LogP contribution in [-0.4, -0.2) is 8.80 Å². The first kappa shape index (κ1) is 19.1. The number of hydrogen-bond donors (Lipinski definition) is 0. The van der Waals surface area contributed by atoms with Crippen molar-refractivity contribution in [2.45, 2.75) is 38.4 Å². The molecule has 3 rings (SSSR count). The number of nitrogens with zero attached hydrogens (tertiary/aromatic N) is 1. The van der Waals surface area contributed by atoms with Crippen molar-refractivity contribution in [1.29, 1.82) is 5.26 Å². The molecule has 0 spiro atoms. The Labute approximate surface area is 164 Å². The topological polar surface area (TPSA) is 23.8 Å². The first-order valence-corrected chi connectivity index (χ1v) is 12.2. The van der Waals surface area contributed by atoms with Crippen LogP contribution < -0.4 is 0 Å². The summed E-state index contributed by atoms with van der Waals surface area (Å²) in [4.78, 5) is 0. The lowest BCUT2D eigenvalue weighted by molar-refractivity contribution is 0.756. The van der Waals surface area contributed by atoms with Crippen LogP contribution in [0.25, 0.3) is 22.3 Å². The molecule has 1 atom stereocenters. The number of rotatable bonds is 6. The van der Waals surface area contributed by atoms with Gasteiger partial charge >= 0.3 is 0 Å². The Bertz CT molecular complexity index is 952. The number of hydrogen-bond acceptors (Lipinski definition) is 1. The van der Waals surface area contributed by atoms with E-state index < -0.39 is 8.80 Å². The Balaban J connectivity index is 2.08. The Morgan fingerprint density at radius 2 is 1.48 bits per heavy atom. The third-order valence-electron chi connectivity index (χ3n) is 5.10. The SMILES string of the molecule is CCCC(c1cccc(-c2ccccc2-c2cccc(C#N)c2)c1)[Si](C)C. The summed E-state index contributed by atoms with van der Waals surface area (Å²) in [7, 11) is -0.392. The second-order valence-electron chi connectivity index (χ2n) is 7.28. The van der Waals surface area contributed by atoms with Crippen molar-refractivity contribution in [3.63, 3.8) is 0 Å². The zero-order chi connectivity index (χ0) is 19.2. The zero-order valence-corrected chi connectivity index (χ0v) is 17.4. The monoisotopic (exact) mass is 368 g/mol. The molecule has 0 aliphatic carbocycles. The first-order chi connectivity index (χ1) is 13.1. The van der Waals surface area contributed by atoms with Crippen molar-refractivity contribution in [3.05, 3.63) is 83.9 Å². The van der Waals surface area contributed by atoms with E-state index in [-0.39, 0.29) is 0 Å². The molecular weight excluding hydrogens is 342 g/mol. The van der Waals surface area contributed by atoms with Crippen molar-refractivity contribution in [2.75, 3.05) is 0 Å². The molecule has 0 N–H and O–H groups in total. The van der Waals surface area contributed by atoms with Gasteiger partial charge in [-0.1, -0.05) is 87.1 Å². The summed E-state index contributed by atoms with van der Waals surface area (Å²) in [5, 5.41) is 9.25. The normalized spacial score (nSPS) is 12.0. The van der Waals surface area contributed by atoms with E-state index in [0.29, 0.717) is 11.1 Å². The molecule has 0 bridgehead atoms. The maximum Gasteiger partial charge on any atom is 0.0991 e. The minimum Gasteiger partial charge on any atom is -0.192 e. The van der Waals surface area contributed by atoms with E-state index in [1.165, 1.54) is 35.1 Å². The highest BCUT2D eigenvalue weighted by molar-refractivity contribution is 6.57. The highest BCUT2D eigenvalue weighted by Crippen LogP contribution is 2.34. The molecule has 0 saturated carbocycles. The van der Waals surface area contributed by atoms with Gasteiger partial charge < -0.3 is 0 Å². The van der Waals surface area contributed by atoms with E-state index in [4.69, 9.17) is 0 Å². The molecule has 2 heteroatoms. The van der Waals surface area contributed by atoms with Gasteiger partial charge in [0.1, 0.15) is 0 Å². The third kappa shape index (κ3) is 4.38. The zero-order valence-electron chi connectivity index (χ0n) is 16.4. The summed E-state index contributed by atoms with van der Waals surface area (Å²) >= 11 is 0. The van der Waals surface area contributed by atoms with Gasteiger partial charge in [0.2, 0.25) is 0 Å². The van der Waals surface area contributed by atoms with Crippen LogP contribution in [0.5, 0.6) is 0 Å². The second-order valence-corrected chi connectivity index (χ2v) is 10.1. The van der Waals surface area contributed by atoms with Gasteiger partial charge in [0.05, 0.1) is 11.6 Å². The van der Waals surface area contributed by atoms with E-state index >= 15 is 0 Å². The molecule has 27 heavy (non-hydrogen) atoms. The van der Waals surface area contributed by atoms with Crippen molar-refractivity contribution in [3.8, 4) is 28.3 Å². The summed E-state index contributed by atoms with van der Waals surface area (Å²) in [5.74, 6) is 0. The molecule has 0 amide bonds. The van der Waals surface area contributed by atoms with E-state index in [2.05, 4.69) is 80.7 Å². The molecule has 0 aromatic heterocycles. The van der Waals surface area contributed by atoms with Crippen LogP contribution in [0.2, 0.25) is 13.1 Å². The minimum absolute atomic E-state index is 0.392. The van der Waals surface area contributed by atoms with Gasteiger partial charge in [0.25, 0.3) is 0 Å². The molecule has 0 fully saturated rings. The standard InChI is InChI=1S/C25H26NSi/c1-4-9-25(27(2)3)22-13-8-12-21(17-22)24-15-6-5-14-23(24)20-11-7-10-19(16-20)18-26/h5-8,10-17,25H,4,9H2,1-3H3. The van der Waals surface area contributed by atoms with Crippen LogP contribution in [0.1, 0.15) is 36.4 Å². The van der Waals surface area contributed by atoms with Gasteiger partial charge in [-0.15, -0.1) is 0 Å². The highest BCUT2D eigenvalue weighted by Gasteiger charge is 2.17. The van der Waals surface area contributed by atoms with E-state index in [9.17, 15) is 5.26 Å². The van der Waals surface area contributed by atoms with Crippen LogP contribution in [0.15, 0.2) is 72.8 Å². The number of benzene rings is 3. The van der Waals surface area contributed by atoms with Gasteiger partial charge in [0.15, 0.2) is 0 Å². The minimum atomic E-state index is -0.392. The number of nitriles is 1. The Morgan fingerprint density at radius 3 is 2.07 bits per heavy atom. The fourth-order valence-corrected chi connectivity index (χ4v) is 5.46. The molecule has 0 saturated heterocycles. The van der Waals surface area contributed by atoms with E-state index in [1.54, 1.807) is 0 Å². The van der Waals surface area contributed by atoms with E-state index in [0.717, 1.165) is 5.56 Å². The van der Waals surface area contributed by atoms with Crippen LogP contribution in [0, 0.1) is 11.3 Å². The maximum absolute atomic E-state index is 9.25. The van der Waals surface area contributed by atoms with Gasteiger partial charge in [-0.2, -0.15) is 5.26 Å². The van der Waals surface area contributed by atoms with Crippen molar-refractivity contribution in [1.82, 2.24) is 0 Å². The Hall–Kier alpha value is -2.63. The average molecular weight is 369 g/mol. The van der Waals surface area contributed by atoms with Crippen molar-refractivity contribution < 1.29 is 0 Å². The Kier molecular flexibility index (Phi) is 6.26. The lowest BCUT2D eigenvalue weighted by Crippen LogP contribution is -2.15. The highest BCUT2D eigenvalue weighted by atomic mass is 28.3. The molecule has 1 unspecified atom stereocenters. The fraction of sp³-hybridized carbons (Fsp3) is 0.240. The third-order valence-corrected chi connectivity index (χ3v) is 7.12. The second kappa shape index (κ2) is 8.84.